The number of para-hydroxylation sites is 1. The van der Waals surface area contributed by atoms with Gasteiger partial charge in [0.15, 0.2) is 5.96 Å². The minimum Gasteiger partial charge on any atom is -0.396 e. The van der Waals surface area contributed by atoms with E-state index in [1.807, 2.05) is 41.2 Å². The Hall–Kier alpha value is -2.34. The largest absolute Gasteiger partial charge is 0.396 e. The van der Waals surface area contributed by atoms with Crippen LogP contribution < -0.4 is 10.6 Å². The van der Waals surface area contributed by atoms with Gasteiger partial charge in [0, 0.05) is 32.4 Å². The lowest BCUT2D eigenvalue weighted by Gasteiger charge is -2.15. The highest BCUT2D eigenvalue weighted by atomic mass is 16.3. The van der Waals surface area contributed by atoms with Crippen LogP contribution in [0.2, 0.25) is 0 Å². The second-order valence-corrected chi connectivity index (χ2v) is 6.69. The number of nitrogens with zero attached hydrogens (tertiary/aromatic N) is 3. The summed E-state index contributed by atoms with van der Waals surface area (Å²) in [5.74, 6) is 1.28. The number of aliphatic hydroxyl groups is 1. The second-order valence-electron chi connectivity index (χ2n) is 6.69. The van der Waals surface area contributed by atoms with Crippen LogP contribution >= 0.6 is 0 Å². The molecule has 0 aliphatic heterocycles. The Morgan fingerprint density at radius 2 is 2.00 bits per heavy atom. The Morgan fingerprint density at radius 1 is 1.19 bits per heavy atom. The van der Waals surface area contributed by atoms with Crippen LogP contribution in [-0.4, -0.2) is 47.1 Å². The maximum Gasteiger partial charge on any atom is 0.191 e. The van der Waals surface area contributed by atoms with E-state index in [-0.39, 0.29) is 6.61 Å². The van der Waals surface area contributed by atoms with Crippen LogP contribution in [0.1, 0.15) is 38.7 Å². The first-order valence-corrected chi connectivity index (χ1v) is 9.98. The van der Waals surface area contributed by atoms with Crippen molar-refractivity contribution in [2.24, 2.45) is 10.9 Å². The molecule has 0 aliphatic rings. The second kappa shape index (κ2) is 12.1. The third kappa shape index (κ3) is 7.43. The molecule has 1 aromatic carbocycles. The van der Waals surface area contributed by atoms with Gasteiger partial charge in [0.25, 0.3) is 0 Å². The van der Waals surface area contributed by atoms with E-state index in [0.29, 0.717) is 5.92 Å². The minimum absolute atomic E-state index is 0.232. The number of guanidine groups is 1. The molecule has 0 aliphatic carbocycles. The fraction of sp³-hybridized carbons (Fsp3) is 0.524. The Morgan fingerprint density at radius 3 is 2.70 bits per heavy atom. The topological polar surface area (TPSA) is 74.5 Å². The molecule has 1 heterocycles. The quantitative estimate of drug-likeness (QED) is 0.419. The molecule has 3 N–H and O–H groups in total. The van der Waals surface area contributed by atoms with Crippen molar-refractivity contribution >= 4 is 5.96 Å². The fourth-order valence-corrected chi connectivity index (χ4v) is 3.02. The van der Waals surface area contributed by atoms with Crippen LogP contribution in [-0.2, 0) is 6.42 Å². The summed E-state index contributed by atoms with van der Waals surface area (Å²) in [5, 5.41) is 20.3. The third-order valence-corrected chi connectivity index (χ3v) is 4.45. The molecule has 6 heteroatoms. The van der Waals surface area contributed by atoms with Gasteiger partial charge in [0.1, 0.15) is 0 Å². The maximum atomic E-state index is 9.20. The number of aliphatic hydroxyl groups excluding tert-OH is 1. The van der Waals surface area contributed by atoms with E-state index in [0.717, 1.165) is 57.0 Å². The van der Waals surface area contributed by atoms with Gasteiger partial charge in [-0.25, -0.2) is 4.68 Å². The highest BCUT2D eigenvalue weighted by molar-refractivity contribution is 5.79. The highest BCUT2D eigenvalue weighted by Crippen LogP contribution is 2.11. The molecule has 6 nitrogen and oxygen atoms in total. The van der Waals surface area contributed by atoms with Gasteiger partial charge < -0.3 is 15.7 Å². The summed E-state index contributed by atoms with van der Waals surface area (Å²) in [6.07, 6.45) is 7.90. The molecule has 1 unspecified atom stereocenters. The minimum atomic E-state index is 0.232. The lowest BCUT2D eigenvalue weighted by atomic mass is 10.0. The molecule has 148 valence electrons. The van der Waals surface area contributed by atoms with E-state index in [2.05, 4.69) is 35.8 Å². The molecule has 0 radical (unpaired) electrons. The molecule has 2 rings (SSSR count). The van der Waals surface area contributed by atoms with Crippen molar-refractivity contribution in [3.05, 3.63) is 48.3 Å². The number of nitrogens with one attached hydrogen (secondary N) is 2. The van der Waals surface area contributed by atoms with Crippen molar-refractivity contribution in [3.63, 3.8) is 0 Å². The molecule has 0 fully saturated rings. The Kier molecular flexibility index (Phi) is 9.41. The summed E-state index contributed by atoms with van der Waals surface area (Å²) < 4.78 is 1.90. The average molecular weight is 372 g/mol. The van der Waals surface area contributed by atoms with Crippen molar-refractivity contribution in [1.82, 2.24) is 20.4 Å². The summed E-state index contributed by atoms with van der Waals surface area (Å²) in [4.78, 5) is 4.70. The summed E-state index contributed by atoms with van der Waals surface area (Å²) >= 11 is 0. The van der Waals surface area contributed by atoms with E-state index >= 15 is 0 Å². The Bertz CT molecular complexity index is 662. The van der Waals surface area contributed by atoms with Crippen LogP contribution in [0.3, 0.4) is 0 Å². The first-order chi connectivity index (χ1) is 13.3. The van der Waals surface area contributed by atoms with Gasteiger partial charge in [-0.2, -0.15) is 5.10 Å². The number of aromatic nitrogens is 2. The van der Waals surface area contributed by atoms with Crippen LogP contribution in [0.4, 0.5) is 0 Å². The lowest BCUT2D eigenvalue weighted by molar-refractivity contribution is 0.253. The van der Waals surface area contributed by atoms with Crippen molar-refractivity contribution in [3.8, 4) is 5.69 Å². The molecular weight excluding hydrogens is 338 g/mol. The van der Waals surface area contributed by atoms with Crippen molar-refractivity contribution in [2.45, 2.75) is 39.5 Å². The van der Waals surface area contributed by atoms with E-state index in [9.17, 15) is 5.11 Å². The molecule has 0 bridgehead atoms. The predicted octanol–water partition coefficient (Wildman–Crippen LogP) is 2.77. The van der Waals surface area contributed by atoms with E-state index < -0.39 is 0 Å². The molecule has 0 amide bonds. The maximum absolute atomic E-state index is 9.20. The summed E-state index contributed by atoms with van der Waals surface area (Å²) in [7, 11) is 0. The van der Waals surface area contributed by atoms with Crippen molar-refractivity contribution < 1.29 is 5.11 Å². The molecule has 27 heavy (non-hydrogen) atoms. The first-order valence-electron chi connectivity index (χ1n) is 9.98. The number of hydrogen-bond donors (Lipinski definition) is 3. The zero-order valence-electron chi connectivity index (χ0n) is 16.6. The third-order valence-electron chi connectivity index (χ3n) is 4.45. The van der Waals surface area contributed by atoms with Gasteiger partial charge in [-0.3, -0.25) is 4.99 Å². The number of benzene rings is 1. The van der Waals surface area contributed by atoms with E-state index in [1.165, 1.54) is 5.56 Å². The van der Waals surface area contributed by atoms with E-state index in [1.54, 1.807) is 0 Å². The zero-order valence-corrected chi connectivity index (χ0v) is 16.6. The van der Waals surface area contributed by atoms with Gasteiger partial charge >= 0.3 is 0 Å². The Balaban J connectivity index is 1.85. The van der Waals surface area contributed by atoms with Crippen molar-refractivity contribution in [1.29, 1.82) is 0 Å². The number of rotatable bonds is 11. The van der Waals surface area contributed by atoms with Gasteiger partial charge in [-0.05, 0) is 49.8 Å². The molecule has 0 saturated heterocycles. The Labute approximate surface area is 162 Å². The fourth-order valence-electron chi connectivity index (χ4n) is 3.02. The van der Waals surface area contributed by atoms with Crippen LogP contribution in [0, 0.1) is 5.92 Å². The molecule has 0 spiro atoms. The molecule has 2 aromatic rings. The van der Waals surface area contributed by atoms with Crippen LogP contribution in [0.25, 0.3) is 5.69 Å². The SMILES string of the molecule is CCCC(CCO)CN=C(NCC)NCCc1cnn(-c2ccccc2)c1. The van der Waals surface area contributed by atoms with Crippen LogP contribution in [0.15, 0.2) is 47.7 Å². The number of aliphatic imine (C=N–C) groups is 1. The zero-order chi connectivity index (χ0) is 19.3. The highest BCUT2D eigenvalue weighted by Gasteiger charge is 2.07. The lowest BCUT2D eigenvalue weighted by Crippen LogP contribution is -2.38. The first kappa shape index (κ1) is 21.0. The standard InChI is InChI=1S/C21H33N5O/c1-3-8-18(12-14-27)15-24-21(22-4-2)23-13-11-19-16-25-26(17-19)20-9-6-5-7-10-20/h5-7,9-10,16-18,27H,3-4,8,11-15H2,1-2H3,(H2,22,23,24). The van der Waals surface area contributed by atoms with E-state index in [4.69, 9.17) is 4.99 Å². The summed E-state index contributed by atoms with van der Waals surface area (Å²) in [5.41, 5.74) is 2.25. The van der Waals surface area contributed by atoms with Crippen molar-refractivity contribution in [2.75, 3.05) is 26.2 Å². The summed E-state index contributed by atoms with van der Waals surface area (Å²) in [6.45, 7) is 6.84. The van der Waals surface area contributed by atoms with Gasteiger partial charge in [-0.15, -0.1) is 0 Å². The monoisotopic (exact) mass is 371 g/mol. The van der Waals surface area contributed by atoms with Gasteiger partial charge in [0.05, 0.1) is 11.9 Å². The summed E-state index contributed by atoms with van der Waals surface area (Å²) in [6, 6.07) is 10.1. The molecule has 1 aromatic heterocycles. The normalized spacial score (nSPS) is 12.8. The van der Waals surface area contributed by atoms with Gasteiger partial charge in [0.2, 0.25) is 0 Å². The molecule has 0 saturated carbocycles. The molecular formula is C21H33N5O. The number of hydrogen-bond acceptors (Lipinski definition) is 3. The van der Waals surface area contributed by atoms with Crippen LogP contribution in [0.5, 0.6) is 0 Å². The smallest absolute Gasteiger partial charge is 0.191 e. The average Bonchev–Trinajstić information content (AvgIpc) is 3.16. The predicted molar refractivity (Wildman–Crippen MR) is 111 cm³/mol. The van der Waals surface area contributed by atoms with Gasteiger partial charge in [-0.1, -0.05) is 31.5 Å². The molecule has 1 atom stereocenters.